The van der Waals surface area contributed by atoms with Crippen molar-refractivity contribution >= 4 is 40.7 Å². The molecule has 1 aliphatic carbocycles. The molecule has 3 atom stereocenters. The van der Waals surface area contributed by atoms with Crippen molar-refractivity contribution in [3.05, 3.63) is 142 Å². The Kier molecular flexibility index (Phi) is 5.23. The maximum absolute atomic E-state index is 14.5. The van der Waals surface area contributed by atoms with Gasteiger partial charge in [-0.1, -0.05) is 78.4 Å². The van der Waals surface area contributed by atoms with Gasteiger partial charge in [-0.15, -0.1) is 0 Å². The molecular weight excluding hydrogens is 513 g/mol. The van der Waals surface area contributed by atoms with E-state index in [0.29, 0.717) is 33.0 Å². The summed E-state index contributed by atoms with van der Waals surface area (Å²) in [5.74, 6) is -2.13. The minimum absolute atomic E-state index is 0.288. The van der Waals surface area contributed by atoms with Crippen molar-refractivity contribution in [2.75, 3.05) is 4.90 Å². The summed E-state index contributed by atoms with van der Waals surface area (Å²) >= 11 is 6.32. The summed E-state index contributed by atoms with van der Waals surface area (Å²) in [7, 11) is 0. The standard InChI is InChI=1S/C33H21ClFNO3/c34-22-13-16-26-21(18-22)12-17-27-33(31(38)24-8-4-5-9-25(24)32(33)39)28(19-6-2-1-3-7-19)29(36(26)27)30(37)20-10-14-23(35)15-11-20/h1-18,27-29H/t27-,28+,29-/m1/s1. The molecule has 4 aromatic rings. The number of carbonyl (C=O) groups excluding carboxylic acids is 3. The van der Waals surface area contributed by atoms with Gasteiger partial charge in [-0.3, -0.25) is 14.4 Å². The van der Waals surface area contributed by atoms with Crippen molar-refractivity contribution in [3.8, 4) is 0 Å². The highest BCUT2D eigenvalue weighted by Crippen LogP contribution is 2.61. The molecular formula is C33H21ClFNO3. The normalized spacial score (nSPS) is 22.1. The number of rotatable bonds is 3. The van der Waals surface area contributed by atoms with Crippen LogP contribution in [-0.2, 0) is 0 Å². The van der Waals surface area contributed by atoms with Crippen LogP contribution in [0, 0.1) is 11.2 Å². The van der Waals surface area contributed by atoms with Crippen molar-refractivity contribution in [1.29, 1.82) is 0 Å². The molecule has 2 heterocycles. The average Bonchev–Trinajstić information content (AvgIpc) is 3.39. The molecule has 1 spiro atoms. The predicted octanol–water partition coefficient (Wildman–Crippen LogP) is 6.80. The number of hydrogen-bond acceptors (Lipinski definition) is 4. The van der Waals surface area contributed by atoms with Gasteiger partial charge in [0, 0.05) is 33.3 Å². The number of halogens is 2. The van der Waals surface area contributed by atoms with Crippen LogP contribution in [0.2, 0.25) is 5.02 Å². The first-order chi connectivity index (χ1) is 18.9. The summed E-state index contributed by atoms with van der Waals surface area (Å²) in [6, 6.07) is 25.3. The van der Waals surface area contributed by atoms with Crippen molar-refractivity contribution in [1.82, 2.24) is 0 Å². The highest BCUT2D eigenvalue weighted by molar-refractivity contribution is 6.32. The number of hydrogen-bond donors (Lipinski definition) is 0. The minimum atomic E-state index is -1.57. The smallest absolute Gasteiger partial charge is 0.185 e. The van der Waals surface area contributed by atoms with E-state index in [9.17, 15) is 18.8 Å². The number of fused-ring (bicyclic) bond motifs is 5. The first-order valence-electron chi connectivity index (χ1n) is 12.7. The molecule has 0 amide bonds. The highest BCUT2D eigenvalue weighted by Gasteiger charge is 2.71. The molecule has 0 N–H and O–H groups in total. The summed E-state index contributed by atoms with van der Waals surface area (Å²) in [4.78, 5) is 45.4. The Morgan fingerprint density at radius 3 is 2.13 bits per heavy atom. The summed E-state index contributed by atoms with van der Waals surface area (Å²) < 4.78 is 13.8. The van der Waals surface area contributed by atoms with Crippen LogP contribution in [-0.4, -0.2) is 29.4 Å². The van der Waals surface area contributed by atoms with Crippen LogP contribution in [0.25, 0.3) is 6.08 Å². The molecule has 0 aromatic heterocycles. The first kappa shape index (κ1) is 23.7. The number of carbonyl (C=O) groups is 3. The second-order valence-corrected chi connectivity index (χ2v) is 10.6. The lowest BCUT2D eigenvalue weighted by atomic mass is 9.64. The van der Waals surface area contributed by atoms with E-state index < -0.39 is 29.2 Å². The summed E-state index contributed by atoms with van der Waals surface area (Å²) in [6.07, 6.45) is 3.73. The SMILES string of the molecule is O=C(c1ccc(F)cc1)[C@H]1[C@H](c2ccccc2)C2(C(=O)c3ccccc3C2=O)[C@H]2C=Cc3cc(Cl)ccc3N12. The zero-order chi connectivity index (χ0) is 26.9. The third kappa shape index (κ3) is 3.20. The van der Waals surface area contributed by atoms with Gasteiger partial charge in [0.2, 0.25) is 0 Å². The van der Waals surface area contributed by atoms with Crippen LogP contribution in [0.4, 0.5) is 10.1 Å². The van der Waals surface area contributed by atoms with Crippen molar-refractivity contribution < 1.29 is 18.8 Å². The van der Waals surface area contributed by atoms with Crippen molar-refractivity contribution in [2.24, 2.45) is 5.41 Å². The third-order valence-electron chi connectivity index (χ3n) is 8.32. The lowest BCUT2D eigenvalue weighted by Gasteiger charge is -2.37. The molecule has 0 radical (unpaired) electrons. The van der Waals surface area contributed by atoms with E-state index in [1.54, 1.807) is 36.4 Å². The van der Waals surface area contributed by atoms with E-state index >= 15 is 0 Å². The van der Waals surface area contributed by atoms with Crippen LogP contribution < -0.4 is 4.90 Å². The van der Waals surface area contributed by atoms with E-state index in [1.807, 2.05) is 53.5 Å². The molecule has 4 aromatic carbocycles. The fourth-order valence-electron chi connectivity index (χ4n) is 6.77. The van der Waals surface area contributed by atoms with E-state index in [0.717, 1.165) is 5.56 Å². The van der Waals surface area contributed by atoms with Gasteiger partial charge in [0.15, 0.2) is 17.3 Å². The van der Waals surface area contributed by atoms with Gasteiger partial charge in [-0.05, 0) is 53.6 Å². The molecule has 4 nitrogen and oxygen atoms in total. The molecule has 39 heavy (non-hydrogen) atoms. The minimum Gasteiger partial charge on any atom is -0.352 e. The Morgan fingerprint density at radius 1 is 0.821 bits per heavy atom. The Labute approximate surface area is 229 Å². The molecule has 1 saturated heterocycles. The van der Waals surface area contributed by atoms with Crippen LogP contribution in [0.15, 0.2) is 103 Å². The number of nitrogens with zero attached hydrogens (tertiary/aromatic N) is 1. The first-order valence-corrected chi connectivity index (χ1v) is 13.1. The number of ketones is 3. The van der Waals surface area contributed by atoms with E-state index in [4.69, 9.17) is 11.6 Å². The summed E-state index contributed by atoms with van der Waals surface area (Å²) in [5.41, 5.74) is 1.68. The second kappa shape index (κ2) is 8.58. The molecule has 3 aliphatic rings. The Hall–Kier alpha value is -4.35. The van der Waals surface area contributed by atoms with E-state index in [1.165, 1.54) is 24.3 Å². The van der Waals surface area contributed by atoms with Gasteiger partial charge in [0.05, 0.1) is 6.04 Å². The number of benzene rings is 4. The predicted molar refractivity (Wildman–Crippen MR) is 148 cm³/mol. The van der Waals surface area contributed by atoms with Crippen molar-refractivity contribution in [2.45, 2.75) is 18.0 Å². The molecule has 6 heteroatoms. The summed E-state index contributed by atoms with van der Waals surface area (Å²) in [5, 5.41) is 0.534. The third-order valence-corrected chi connectivity index (χ3v) is 8.56. The topological polar surface area (TPSA) is 54.5 Å². The molecule has 1 fully saturated rings. The fourth-order valence-corrected chi connectivity index (χ4v) is 6.95. The lowest BCUT2D eigenvalue weighted by Crippen LogP contribution is -2.48. The van der Waals surface area contributed by atoms with Crippen LogP contribution in [0.5, 0.6) is 0 Å². The van der Waals surface area contributed by atoms with Gasteiger partial charge in [0.1, 0.15) is 17.3 Å². The quantitative estimate of drug-likeness (QED) is 0.215. The van der Waals surface area contributed by atoms with Gasteiger partial charge in [-0.25, -0.2) is 4.39 Å². The van der Waals surface area contributed by atoms with E-state index in [2.05, 4.69) is 0 Å². The maximum atomic E-state index is 14.5. The van der Waals surface area contributed by atoms with Gasteiger partial charge >= 0.3 is 0 Å². The van der Waals surface area contributed by atoms with Crippen molar-refractivity contribution in [3.63, 3.8) is 0 Å². The Bertz CT molecular complexity index is 1680. The second-order valence-electron chi connectivity index (χ2n) is 10.2. The Balaban J connectivity index is 1.54. The van der Waals surface area contributed by atoms with Crippen LogP contribution in [0.3, 0.4) is 0 Å². The Morgan fingerprint density at radius 2 is 1.46 bits per heavy atom. The van der Waals surface area contributed by atoms with Crippen LogP contribution >= 0.6 is 11.6 Å². The number of Topliss-reactive ketones (excluding diaryl/α,β-unsaturated/α-hetero) is 3. The maximum Gasteiger partial charge on any atom is 0.185 e. The zero-order valence-corrected chi connectivity index (χ0v) is 21.3. The van der Waals surface area contributed by atoms with Gasteiger partial charge in [0.25, 0.3) is 0 Å². The van der Waals surface area contributed by atoms with Crippen LogP contribution in [0.1, 0.15) is 48.1 Å². The fraction of sp³-hybridized carbons (Fsp3) is 0.121. The average molecular weight is 534 g/mol. The lowest BCUT2D eigenvalue weighted by molar-refractivity contribution is 0.0666. The van der Waals surface area contributed by atoms with Gasteiger partial charge in [-0.2, -0.15) is 0 Å². The molecule has 2 aliphatic heterocycles. The van der Waals surface area contributed by atoms with Gasteiger partial charge < -0.3 is 4.90 Å². The summed E-state index contributed by atoms with van der Waals surface area (Å²) in [6.45, 7) is 0. The molecule has 0 unspecified atom stereocenters. The highest BCUT2D eigenvalue weighted by atomic mass is 35.5. The zero-order valence-electron chi connectivity index (χ0n) is 20.6. The molecule has 190 valence electrons. The number of anilines is 1. The molecule has 0 saturated carbocycles. The monoisotopic (exact) mass is 533 g/mol. The molecule has 0 bridgehead atoms. The molecule has 7 rings (SSSR count). The van der Waals surface area contributed by atoms with E-state index in [-0.39, 0.29) is 17.3 Å². The largest absolute Gasteiger partial charge is 0.352 e.